The highest BCUT2D eigenvalue weighted by molar-refractivity contribution is 9.10. The number of benzene rings is 2. The molecular formula is C19H16BrNO2S. The van der Waals surface area contributed by atoms with Gasteiger partial charge in [0, 0.05) is 16.6 Å². The highest BCUT2D eigenvalue weighted by Crippen LogP contribution is 2.24. The Morgan fingerprint density at radius 2 is 1.92 bits per heavy atom. The molecule has 0 aliphatic rings. The first-order chi connectivity index (χ1) is 11.6. The van der Waals surface area contributed by atoms with Gasteiger partial charge in [0.1, 0.15) is 0 Å². The van der Waals surface area contributed by atoms with Crippen LogP contribution in [-0.2, 0) is 0 Å². The van der Waals surface area contributed by atoms with Gasteiger partial charge in [0.15, 0.2) is 0 Å². The summed E-state index contributed by atoms with van der Waals surface area (Å²) in [5.41, 5.74) is 3.63. The lowest BCUT2D eigenvalue weighted by Crippen LogP contribution is -2.28. The molecule has 5 heteroatoms. The molecule has 1 atom stereocenters. The number of thiophene rings is 1. The van der Waals surface area contributed by atoms with E-state index in [0.717, 1.165) is 15.6 Å². The van der Waals surface area contributed by atoms with Crippen molar-refractivity contribution in [2.45, 2.75) is 6.10 Å². The highest BCUT2D eigenvalue weighted by atomic mass is 79.9. The SMILES string of the molecule is O=C(NC[C@H](O)c1ccc(-c2ccsc2)cc1)c1cccc(Br)c1. The molecule has 0 saturated carbocycles. The fourth-order valence-electron chi connectivity index (χ4n) is 2.37. The molecule has 3 rings (SSSR count). The van der Waals surface area contributed by atoms with E-state index in [9.17, 15) is 9.90 Å². The Bertz CT molecular complexity index is 816. The molecule has 3 nitrogen and oxygen atoms in total. The summed E-state index contributed by atoms with van der Waals surface area (Å²) in [5.74, 6) is -0.203. The molecule has 0 fully saturated rings. The van der Waals surface area contributed by atoms with Crippen molar-refractivity contribution in [2.24, 2.45) is 0 Å². The van der Waals surface area contributed by atoms with Crippen LogP contribution in [0.4, 0.5) is 0 Å². The first-order valence-electron chi connectivity index (χ1n) is 7.48. The number of hydrogen-bond donors (Lipinski definition) is 2. The standard InChI is InChI=1S/C19H16BrNO2S/c20-17-3-1-2-15(10-17)19(23)21-11-18(22)14-6-4-13(5-7-14)16-8-9-24-12-16/h1-10,12,18,22H,11H2,(H,21,23)/t18-/m0/s1. The minimum absolute atomic E-state index is 0.170. The third-order valence-corrected chi connectivity index (χ3v) is 4.87. The van der Waals surface area contributed by atoms with E-state index in [1.165, 1.54) is 5.56 Å². The summed E-state index contributed by atoms with van der Waals surface area (Å²) in [4.78, 5) is 12.1. The maximum atomic E-state index is 12.1. The van der Waals surface area contributed by atoms with Gasteiger partial charge in [0.2, 0.25) is 0 Å². The number of carbonyl (C=O) groups is 1. The Morgan fingerprint density at radius 1 is 1.12 bits per heavy atom. The van der Waals surface area contributed by atoms with Crippen molar-refractivity contribution < 1.29 is 9.90 Å². The van der Waals surface area contributed by atoms with E-state index in [1.54, 1.807) is 29.5 Å². The topological polar surface area (TPSA) is 49.3 Å². The van der Waals surface area contributed by atoms with Crippen LogP contribution in [0.5, 0.6) is 0 Å². The zero-order chi connectivity index (χ0) is 16.9. The van der Waals surface area contributed by atoms with Crippen molar-refractivity contribution in [3.8, 4) is 11.1 Å². The summed E-state index contributed by atoms with van der Waals surface area (Å²) in [5, 5.41) is 17.2. The molecule has 24 heavy (non-hydrogen) atoms. The Balaban J connectivity index is 1.60. The van der Waals surface area contributed by atoms with Crippen LogP contribution in [0.3, 0.4) is 0 Å². The molecule has 1 amide bonds. The van der Waals surface area contributed by atoms with Crippen molar-refractivity contribution in [3.05, 3.63) is 81.0 Å². The molecule has 0 aliphatic heterocycles. The molecule has 2 aromatic carbocycles. The Hall–Kier alpha value is -1.95. The molecule has 0 saturated heterocycles. The molecule has 1 aromatic heterocycles. The monoisotopic (exact) mass is 401 g/mol. The number of carbonyl (C=O) groups excluding carboxylic acids is 1. The quantitative estimate of drug-likeness (QED) is 0.653. The average molecular weight is 402 g/mol. The van der Waals surface area contributed by atoms with Crippen LogP contribution in [0, 0.1) is 0 Å². The fourth-order valence-corrected chi connectivity index (χ4v) is 3.43. The van der Waals surface area contributed by atoms with Crippen LogP contribution in [0.15, 0.2) is 69.8 Å². The van der Waals surface area contributed by atoms with Crippen molar-refractivity contribution in [1.82, 2.24) is 5.32 Å². The second kappa shape index (κ2) is 7.75. The van der Waals surface area contributed by atoms with Crippen LogP contribution >= 0.6 is 27.3 Å². The van der Waals surface area contributed by atoms with Crippen LogP contribution in [0.2, 0.25) is 0 Å². The van der Waals surface area contributed by atoms with E-state index in [4.69, 9.17) is 0 Å². The zero-order valence-corrected chi connectivity index (χ0v) is 15.2. The Kier molecular flexibility index (Phi) is 5.45. The summed E-state index contributed by atoms with van der Waals surface area (Å²) in [7, 11) is 0. The van der Waals surface area contributed by atoms with Gasteiger partial charge in [-0.1, -0.05) is 46.3 Å². The van der Waals surface area contributed by atoms with Gasteiger partial charge in [0.05, 0.1) is 6.10 Å². The molecule has 3 aromatic rings. The molecular weight excluding hydrogens is 386 g/mol. The minimum Gasteiger partial charge on any atom is -0.387 e. The second-order valence-corrected chi connectivity index (χ2v) is 7.07. The van der Waals surface area contributed by atoms with Gasteiger partial charge in [-0.3, -0.25) is 4.79 Å². The number of aliphatic hydroxyl groups is 1. The Labute approximate surface area is 153 Å². The molecule has 0 aliphatic carbocycles. The summed E-state index contributed by atoms with van der Waals surface area (Å²) in [6.07, 6.45) is -0.738. The van der Waals surface area contributed by atoms with Gasteiger partial charge in [-0.2, -0.15) is 11.3 Å². The summed E-state index contributed by atoms with van der Waals surface area (Å²) in [6.45, 7) is 0.170. The molecule has 0 unspecified atom stereocenters. The van der Waals surface area contributed by atoms with E-state index < -0.39 is 6.10 Å². The third-order valence-electron chi connectivity index (χ3n) is 3.69. The summed E-state index contributed by atoms with van der Waals surface area (Å²) >= 11 is 5.00. The predicted octanol–water partition coefficient (Wildman–Crippen LogP) is 4.64. The minimum atomic E-state index is -0.738. The van der Waals surface area contributed by atoms with E-state index in [1.807, 2.05) is 35.7 Å². The van der Waals surface area contributed by atoms with Crippen molar-refractivity contribution in [1.29, 1.82) is 0 Å². The number of aliphatic hydroxyl groups excluding tert-OH is 1. The van der Waals surface area contributed by atoms with E-state index in [0.29, 0.717) is 5.56 Å². The maximum absolute atomic E-state index is 12.1. The number of halogens is 1. The molecule has 1 heterocycles. The van der Waals surface area contributed by atoms with Gasteiger partial charge >= 0.3 is 0 Å². The summed E-state index contributed by atoms with van der Waals surface area (Å²) < 4.78 is 0.847. The van der Waals surface area contributed by atoms with Crippen molar-refractivity contribution in [2.75, 3.05) is 6.54 Å². The van der Waals surface area contributed by atoms with Crippen molar-refractivity contribution >= 4 is 33.2 Å². The molecule has 0 spiro atoms. The van der Waals surface area contributed by atoms with Crippen molar-refractivity contribution in [3.63, 3.8) is 0 Å². The number of nitrogens with one attached hydrogen (secondary N) is 1. The maximum Gasteiger partial charge on any atom is 0.251 e. The molecule has 0 radical (unpaired) electrons. The largest absolute Gasteiger partial charge is 0.387 e. The molecule has 0 bridgehead atoms. The zero-order valence-electron chi connectivity index (χ0n) is 12.8. The van der Waals surface area contributed by atoms with Crippen LogP contribution in [0.1, 0.15) is 22.0 Å². The number of rotatable bonds is 5. The Morgan fingerprint density at radius 3 is 2.58 bits per heavy atom. The lowest BCUT2D eigenvalue weighted by Gasteiger charge is -2.13. The lowest BCUT2D eigenvalue weighted by atomic mass is 10.0. The molecule has 2 N–H and O–H groups in total. The van der Waals surface area contributed by atoms with Crippen LogP contribution < -0.4 is 5.32 Å². The number of amides is 1. The first kappa shape index (κ1) is 16.9. The van der Waals surface area contributed by atoms with Gasteiger partial charge in [0.25, 0.3) is 5.91 Å². The smallest absolute Gasteiger partial charge is 0.251 e. The summed E-state index contributed by atoms with van der Waals surface area (Å²) in [6, 6.07) is 17.0. The second-order valence-electron chi connectivity index (χ2n) is 5.37. The number of hydrogen-bond acceptors (Lipinski definition) is 3. The van der Waals surface area contributed by atoms with Crippen LogP contribution in [-0.4, -0.2) is 17.6 Å². The lowest BCUT2D eigenvalue weighted by molar-refractivity contribution is 0.0916. The van der Waals surface area contributed by atoms with Gasteiger partial charge in [-0.25, -0.2) is 0 Å². The molecule has 122 valence electrons. The van der Waals surface area contributed by atoms with Gasteiger partial charge in [-0.15, -0.1) is 0 Å². The third kappa shape index (κ3) is 4.12. The predicted molar refractivity (Wildman–Crippen MR) is 101 cm³/mol. The van der Waals surface area contributed by atoms with E-state index in [2.05, 4.69) is 32.7 Å². The normalized spacial score (nSPS) is 11.9. The van der Waals surface area contributed by atoms with Gasteiger partial charge in [-0.05, 0) is 51.7 Å². The fraction of sp³-hybridized carbons (Fsp3) is 0.105. The van der Waals surface area contributed by atoms with E-state index in [-0.39, 0.29) is 12.5 Å². The van der Waals surface area contributed by atoms with Crippen LogP contribution in [0.25, 0.3) is 11.1 Å². The highest BCUT2D eigenvalue weighted by Gasteiger charge is 2.11. The first-order valence-corrected chi connectivity index (χ1v) is 9.21. The van der Waals surface area contributed by atoms with E-state index >= 15 is 0 Å². The van der Waals surface area contributed by atoms with Gasteiger partial charge < -0.3 is 10.4 Å². The average Bonchev–Trinajstić information content (AvgIpc) is 3.14.